The highest BCUT2D eigenvalue weighted by atomic mass is 16.5. The van der Waals surface area contributed by atoms with Gasteiger partial charge in [0.1, 0.15) is 11.2 Å². The van der Waals surface area contributed by atoms with Crippen molar-refractivity contribution in [3.8, 4) is 0 Å². The third-order valence-corrected chi connectivity index (χ3v) is 3.97. The maximum absolute atomic E-state index is 12.9. The molecule has 3 rings (SSSR count). The Kier molecular flexibility index (Phi) is 5.02. The highest BCUT2D eigenvalue weighted by Gasteiger charge is 2.23. The Morgan fingerprint density at radius 3 is 2.52 bits per heavy atom. The molecule has 2 heterocycles. The summed E-state index contributed by atoms with van der Waals surface area (Å²) in [6.07, 6.45) is 0. The Balaban J connectivity index is 2.01. The van der Waals surface area contributed by atoms with Gasteiger partial charge in [0.05, 0.1) is 25.8 Å². The van der Waals surface area contributed by atoms with Crippen molar-refractivity contribution in [1.29, 1.82) is 0 Å². The monoisotopic (exact) mass is 371 g/mol. The van der Waals surface area contributed by atoms with Gasteiger partial charge in [-0.1, -0.05) is 17.3 Å². The summed E-state index contributed by atoms with van der Waals surface area (Å²) in [6, 6.07) is 6.64. The Morgan fingerprint density at radius 2 is 1.89 bits per heavy atom. The van der Waals surface area contributed by atoms with Crippen molar-refractivity contribution in [1.82, 2.24) is 14.7 Å². The summed E-state index contributed by atoms with van der Waals surface area (Å²) in [5.74, 6) is -0.786. The molecule has 140 valence electrons. The average molecular weight is 371 g/mol. The number of nitrogens with zero attached hydrogens (tertiary/aromatic N) is 3. The van der Waals surface area contributed by atoms with E-state index in [0.29, 0.717) is 11.4 Å². The van der Waals surface area contributed by atoms with Gasteiger partial charge in [-0.15, -0.1) is 0 Å². The molecular formula is C18H17N3O6. The smallest absolute Gasteiger partial charge is 0.361 e. The predicted octanol–water partition coefficient (Wildman–Crippen LogP) is 1.70. The molecule has 0 bridgehead atoms. The first-order chi connectivity index (χ1) is 13.0. The summed E-state index contributed by atoms with van der Waals surface area (Å²) in [5.41, 5.74) is 0.501. The van der Waals surface area contributed by atoms with E-state index in [1.807, 2.05) is 0 Å². The number of carbonyl (C=O) groups is 2. The Morgan fingerprint density at radius 1 is 1.19 bits per heavy atom. The Hall–Kier alpha value is -3.49. The Bertz CT molecular complexity index is 1070. The van der Waals surface area contributed by atoms with Crippen LogP contribution in [0.3, 0.4) is 0 Å². The van der Waals surface area contributed by atoms with Gasteiger partial charge in [-0.3, -0.25) is 9.36 Å². The van der Waals surface area contributed by atoms with Crippen molar-refractivity contribution in [2.45, 2.75) is 20.4 Å². The summed E-state index contributed by atoms with van der Waals surface area (Å²) in [4.78, 5) is 40.6. The van der Waals surface area contributed by atoms with Crippen LogP contribution < -0.4 is 5.56 Å². The Labute approximate surface area is 153 Å². The number of fused-ring (bicyclic) bond motifs is 1. The quantitative estimate of drug-likeness (QED) is 0.623. The molecule has 0 saturated heterocycles. The fourth-order valence-electron chi connectivity index (χ4n) is 2.61. The average Bonchev–Trinajstić information content (AvgIpc) is 3.09. The van der Waals surface area contributed by atoms with Crippen LogP contribution in [0.1, 0.15) is 39.2 Å². The van der Waals surface area contributed by atoms with E-state index in [4.69, 9.17) is 9.26 Å². The number of methoxy groups -OCH3 is 1. The minimum Gasteiger partial charge on any atom is -0.465 e. The lowest BCUT2D eigenvalue weighted by molar-refractivity contribution is 0.0515. The van der Waals surface area contributed by atoms with E-state index < -0.39 is 17.5 Å². The van der Waals surface area contributed by atoms with Crippen LogP contribution in [0.5, 0.6) is 0 Å². The lowest BCUT2D eigenvalue weighted by atomic mass is 10.1. The van der Waals surface area contributed by atoms with E-state index in [1.165, 1.54) is 11.7 Å². The van der Waals surface area contributed by atoms with Gasteiger partial charge in [-0.05, 0) is 31.5 Å². The van der Waals surface area contributed by atoms with Crippen LogP contribution in [0.4, 0.5) is 0 Å². The van der Waals surface area contributed by atoms with Crippen molar-refractivity contribution in [3.05, 3.63) is 57.3 Å². The molecule has 1 aromatic carbocycles. The van der Waals surface area contributed by atoms with Crippen molar-refractivity contribution in [3.63, 3.8) is 0 Å². The van der Waals surface area contributed by atoms with Gasteiger partial charge in [-0.25, -0.2) is 9.59 Å². The first-order valence-corrected chi connectivity index (χ1v) is 8.17. The molecule has 9 nitrogen and oxygen atoms in total. The number of carbonyl (C=O) groups excluding carboxylic acids is 2. The summed E-state index contributed by atoms with van der Waals surface area (Å²) in [6.45, 7) is 3.64. The van der Waals surface area contributed by atoms with E-state index in [9.17, 15) is 14.4 Å². The molecule has 0 aliphatic heterocycles. The largest absolute Gasteiger partial charge is 0.465 e. The fraction of sp³-hybridized carbons (Fsp3) is 0.278. The number of hydrogen-bond donors (Lipinski definition) is 0. The molecular weight excluding hydrogens is 354 g/mol. The molecule has 0 fully saturated rings. The summed E-state index contributed by atoms with van der Waals surface area (Å²) in [5, 5.41) is 3.60. The standard InChI is InChI=1S/C18H17N3O6/c1-4-26-18(24)14-13-15(27-20-14)19-10(2)21(16(13)22)9-11-5-7-12(8-6-11)17(23)25-3/h5-8H,4,9H2,1-3H3. The molecule has 0 radical (unpaired) electrons. The van der Waals surface area contributed by atoms with E-state index in [2.05, 4.69) is 14.9 Å². The molecule has 0 N–H and O–H groups in total. The minimum absolute atomic E-state index is 0.0159. The summed E-state index contributed by atoms with van der Waals surface area (Å²) < 4.78 is 16.0. The zero-order chi connectivity index (χ0) is 19.6. The first kappa shape index (κ1) is 18.3. The third-order valence-electron chi connectivity index (χ3n) is 3.97. The van der Waals surface area contributed by atoms with Crippen LogP contribution in [-0.2, 0) is 16.0 Å². The van der Waals surface area contributed by atoms with Crippen molar-refractivity contribution in [2.75, 3.05) is 13.7 Å². The zero-order valence-electron chi connectivity index (χ0n) is 15.0. The zero-order valence-corrected chi connectivity index (χ0v) is 15.0. The number of aromatic nitrogens is 3. The van der Waals surface area contributed by atoms with Gasteiger partial charge >= 0.3 is 11.9 Å². The number of ether oxygens (including phenoxy) is 2. The third kappa shape index (κ3) is 3.43. The maximum Gasteiger partial charge on any atom is 0.361 e. The van der Waals surface area contributed by atoms with Gasteiger partial charge < -0.3 is 14.0 Å². The van der Waals surface area contributed by atoms with Gasteiger partial charge in [0.15, 0.2) is 0 Å². The van der Waals surface area contributed by atoms with Gasteiger partial charge in [-0.2, -0.15) is 4.98 Å². The number of hydrogen-bond acceptors (Lipinski definition) is 8. The molecule has 0 spiro atoms. The number of esters is 2. The first-order valence-electron chi connectivity index (χ1n) is 8.17. The highest BCUT2D eigenvalue weighted by molar-refractivity contribution is 5.99. The topological polar surface area (TPSA) is 114 Å². The molecule has 0 aliphatic rings. The van der Waals surface area contributed by atoms with Crippen molar-refractivity contribution in [2.24, 2.45) is 0 Å². The van der Waals surface area contributed by atoms with E-state index in [0.717, 1.165) is 5.56 Å². The number of rotatable bonds is 5. The van der Waals surface area contributed by atoms with Crippen LogP contribution in [0.2, 0.25) is 0 Å². The maximum atomic E-state index is 12.9. The highest BCUT2D eigenvalue weighted by Crippen LogP contribution is 2.15. The second-order valence-electron chi connectivity index (χ2n) is 5.67. The van der Waals surface area contributed by atoms with Gasteiger partial charge in [0, 0.05) is 0 Å². The molecule has 0 aliphatic carbocycles. The van der Waals surface area contributed by atoms with Crippen molar-refractivity contribution >= 4 is 23.0 Å². The van der Waals surface area contributed by atoms with Crippen LogP contribution in [-0.4, -0.2) is 40.4 Å². The molecule has 0 unspecified atom stereocenters. The second kappa shape index (κ2) is 7.40. The second-order valence-corrected chi connectivity index (χ2v) is 5.67. The van der Waals surface area contributed by atoms with Gasteiger partial charge in [0.2, 0.25) is 5.69 Å². The van der Waals surface area contributed by atoms with Crippen LogP contribution in [0, 0.1) is 6.92 Å². The van der Waals surface area contributed by atoms with Crippen LogP contribution in [0.25, 0.3) is 11.1 Å². The predicted molar refractivity (Wildman–Crippen MR) is 93.6 cm³/mol. The molecule has 0 saturated carbocycles. The lowest BCUT2D eigenvalue weighted by Crippen LogP contribution is -2.25. The molecule has 0 atom stereocenters. The number of aryl methyl sites for hydroxylation is 1. The van der Waals surface area contributed by atoms with E-state index in [1.54, 1.807) is 38.1 Å². The van der Waals surface area contributed by atoms with E-state index in [-0.39, 0.29) is 29.9 Å². The summed E-state index contributed by atoms with van der Waals surface area (Å²) in [7, 11) is 1.31. The molecule has 2 aromatic heterocycles. The fourth-order valence-corrected chi connectivity index (χ4v) is 2.61. The van der Waals surface area contributed by atoms with Gasteiger partial charge in [0.25, 0.3) is 11.3 Å². The minimum atomic E-state index is -0.743. The SMILES string of the molecule is CCOC(=O)c1noc2nc(C)n(Cc3ccc(C(=O)OC)cc3)c(=O)c12. The van der Waals surface area contributed by atoms with Crippen LogP contribution in [0.15, 0.2) is 33.6 Å². The lowest BCUT2D eigenvalue weighted by Gasteiger charge is -2.09. The molecule has 9 heteroatoms. The summed E-state index contributed by atoms with van der Waals surface area (Å²) >= 11 is 0. The number of benzene rings is 1. The van der Waals surface area contributed by atoms with E-state index >= 15 is 0 Å². The van der Waals surface area contributed by atoms with Crippen LogP contribution >= 0.6 is 0 Å². The molecule has 3 aromatic rings. The normalized spacial score (nSPS) is 10.8. The molecule has 27 heavy (non-hydrogen) atoms. The van der Waals surface area contributed by atoms with Crippen molar-refractivity contribution < 1.29 is 23.6 Å². The molecule has 0 amide bonds.